The number of para-hydroxylation sites is 2. The number of carbonyl (C=O) groups is 3. The fraction of sp³-hybridized carbons (Fsp3) is 0.286. The zero-order valence-corrected chi connectivity index (χ0v) is 18.2. The van der Waals surface area contributed by atoms with Gasteiger partial charge < -0.3 is 17.7 Å². The number of nitro groups is 1. The van der Waals surface area contributed by atoms with Crippen molar-refractivity contribution in [3.63, 3.8) is 0 Å². The van der Waals surface area contributed by atoms with Gasteiger partial charge in [-0.1, -0.05) is 25.1 Å². The van der Waals surface area contributed by atoms with Gasteiger partial charge in [-0.25, -0.2) is 5.43 Å². The Bertz CT molecular complexity index is 982. The number of hydrazone groups is 1. The minimum absolute atomic E-state index is 0. The molecule has 0 radical (unpaired) electrons. The van der Waals surface area contributed by atoms with E-state index < -0.39 is 10.8 Å². The Labute approximate surface area is 191 Å². The van der Waals surface area contributed by atoms with Crippen molar-refractivity contribution in [3.8, 4) is 0 Å². The monoisotopic (exact) mass is 461 g/mol. The number of nitrogens with zero attached hydrogens (tertiary/aromatic N) is 3. The maximum Gasteiger partial charge on any atom is 0.305 e. The highest BCUT2D eigenvalue weighted by atomic mass is 35.5. The summed E-state index contributed by atoms with van der Waals surface area (Å²) in [4.78, 5) is 46.6. The van der Waals surface area contributed by atoms with E-state index in [0.717, 1.165) is 0 Å². The Morgan fingerprint density at radius 1 is 1.03 bits per heavy atom. The van der Waals surface area contributed by atoms with Crippen molar-refractivity contribution in [2.75, 3.05) is 5.32 Å². The SMILES string of the molecule is CC/C(CC(=O)CCC(=O)Nc1ccccc1[N+](=O)[O-])=N\NC(=O)C[n+]1ccccc1.[Cl-]. The molecule has 2 amide bonds. The molecular weight excluding hydrogens is 438 g/mol. The fourth-order valence-corrected chi connectivity index (χ4v) is 2.65. The number of rotatable bonds is 11. The van der Waals surface area contributed by atoms with E-state index in [0.29, 0.717) is 12.1 Å². The molecule has 170 valence electrons. The molecule has 1 aromatic heterocycles. The minimum Gasteiger partial charge on any atom is -1.00 e. The fourth-order valence-electron chi connectivity index (χ4n) is 2.65. The molecule has 0 fully saturated rings. The summed E-state index contributed by atoms with van der Waals surface area (Å²) < 4.78 is 1.69. The van der Waals surface area contributed by atoms with Crippen molar-refractivity contribution in [3.05, 3.63) is 65.0 Å². The molecule has 0 aliphatic rings. The summed E-state index contributed by atoms with van der Waals surface area (Å²) in [5.74, 6) is -1.03. The Balaban J connectivity index is 0.00000512. The second-order valence-corrected chi connectivity index (χ2v) is 6.65. The Kier molecular flexibility index (Phi) is 11.2. The molecule has 0 aliphatic carbocycles. The molecule has 2 aromatic rings. The number of hydrogen-bond donors (Lipinski definition) is 2. The van der Waals surface area contributed by atoms with Gasteiger partial charge in [-0.15, -0.1) is 0 Å². The summed E-state index contributed by atoms with van der Waals surface area (Å²) >= 11 is 0. The van der Waals surface area contributed by atoms with Gasteiger partial charge >= 0.3 is 5.91 Å². The molecule has 0 aliphatic heterocycles. The average Bonchev–Trinajstić information content (AvgIpc) is 2.76. The molecule has 0 saturated carbocycles. The zero-order chi connectivity index (χ0) is 22.6. The largest absolute Gasteiger partial charge is 1.00 e. The normalized spacial score (nSPS) is 10.6. The second kappa shape index (κ2) is 13.6. The van der Waals surface area contributed by atoms with E-state index >= 15 is 0 Å². The number of nitrogens with one attached hydrogen (secondary N) is 2. The zero-order valence-electron chi connectivity index (χ0n) is 17.5. The number of anilines is 1. The van der Waals surface area contributed by atoms with Gasteiger partial charge in [0.15, 0.2) is 12.4 Å². The van der Waals surface area contributed by atoms with Crippen molar-refractivity contribution in [2.45, 2.75) is 39.2 Å². The molecule has 0 spiro atoms. The number of pyridine rings is 1. The van der Waals surface area contributed by atoms with Crippen LogP contribution >= 0.6 is 0 Å². The molecular formula is C21H24ClN5O5. The molecule has 0 bridgehead atoms. The average molecular weight is 462 g/mol. The number of halogens is 1. The first-order valence-corrected chi connectivity index (χ1v) is 9.72. The van der Waals surface area contributed by atoms with Crippen LogP contribution in [0.2, 0.25) is 0 Å². The summed E-state index contributed by atoms with van der Waals surface area (Å²) in [5.41, 5.74) is 2.80. The predicted octanol–water partition coefficient (Wildman–Crippen LogP) is -0.853. The van der Waals surface area contributed by atoms with Crippen molar-refractivity contribution < 1.29 is 36.3 Å². The van der Waals surface area contributed by atoms with Crippen molar-refractivity contribution >= 4 is 34.7 Å². The predicted molar refractivity (Wildman–Crippen MR) is 113 cm³/mol. The third kappa shape index (κ3) is 9.00. The van der Waals surface area contributed by atoms with Gasteiger partial charge in [0, 0.05) is 43.2 Å². The van der Waals surface area contributed by atoms with E-state index in [9.17, 15) is 24.5 Å². The van der Waals surface area contributed by atoms with Gasteiger partial charge in [-0.05, 0) is 12.5 Å². The molecule has 2 rings (SSSR count). The summed E-state index contributed by atoms with van der Waals surface area (Å²) in [6, 6.07) is 11.2. The van der Waals surface area contributed by atoms with Crippen LogP contribution in [-0.2, 0) is 20.9 Å². The molecule has 10 nitrogen and oxygen atoms in total. The third-order valence-electron chi connectivity index (χ3n) is 4.26. The van der Waals surface area contributed by atoms with Crippen molar-refractivity contribution in [1.82, 2.24) is 5.43 Å². The second-order valence-electron chi connectivity index (χ2n) is 6.65. The highest BCUT2D eigenvalue weighted by Crippen LogP contribution is 2.23. The van der Waals surface area contributed by atoms with E-state index in [1.807, 2.05) is 13.0 Å². The lowest BCUT2D eigenvalue weighted by Crippen LogP contribution is -3.00. The number of benzene rings is 1. The number of amides is 2. The summed E-state index contributed by atoms with van der Waals surface area (Å²) in [6.45, 7) is 1.91. The number of nitro benzene ring substituents is 1. The maximum absolute atomic E-state index is 12.2. The van der Waals surface area contributed by atoms with Crippen molar-refractivity contribution in [1.29, 1.82) is 0 Å². The Morgan fingerprint density at radius 2 is 1.72 bits per heavy atom. The Morgan fingerprint density at radius 3 is 2.38 bits per heavy atom. The molecule has 0 saturated heterocycles. The lowest BCUT2D eigenvalue weighted by Gasteiger charge is -2.06. The number of carbonyl (C=O) groups excluding carboxylic acids is 3. The molecule has 2 N–H and O–H groups in total. The molecule has 1 aromatic carbocycles. The quantitative estimate of drug-likeness (QED) is 0.194. The van der Waals surface area contributed by atoms with E-state index in [1.165, 1.54) is 18.2 Å². The van der Waals surface area contributed by atoms with Gasteiger partial charge in [-0.2, -0.15) is 9.67 Å². The first-order chi connectivity index (χ1) is 14.9. The third-order valence-corrected chi connectivity index (χ3v) is 4.26. The van der Waals surface area contributed by atoms with E-state index in [4.69, 9.17) is 0 Å². The van der Waals surface area contributed by atoms with Gasteiger partial charge in [0.2, 0.25) is 12.5 Å². The van der Waals surface area contributed by atoms with Crippen LogP contribution < -0.4 is 27.7 Å². The highest BCUT2D eigenvalue weighted by molar-refractivity contribution is 6.03. The van der Waals surface area contributed by atoms with Crippen LogP contribution in [0.3, 0.4) is 0 Å². The summed E-state index contributed by atoms with van der Waals surface area (Å²) in [6.07, 6.45) is 3.82. The number of Topliss-reactive ketones (excluding diaryl/α,β-unsaturated/α-hetero) is 1. The van der Waals surface area contributed by atoms with Crippen LogP contribution in [0.15, 0.2) is 60.0 Å². The first-order valence-electron chi connectivity index (χ1n) is 9.72. The number of ketones is 1. The minimum atomic E-state index is -0.588. The molecule has 11 heteroatoms. The lowest BCUT2D eigenvalue weighted by molar-refractivity contribution is -0.684. The van der Waals surface area contributed by atoms with E-state index in [-0.39, 0.29) is 61.3 Å². The molecule has 1 heterocycles. The van der Waals surface area contributed by atoms with Crippen LogP contribution in [-0.4, -0.2) is 28.2 Å². The van der Waals surface area contributed by atoms with Crippen LogP contribution in [0.25, 0.3) is 0 Å². The number of hydrogen-bond acceptors (Lipinski definition) is 6. The van der Waals surface area contributed by atoms with E-state index in [1.54, 1.807) is 35.2 Å². The summed E-state index contributed by atoms with van der Waals surface area (Å²) in [5, 5.41) is 17.5. The standard InChI is InChI=1S/C21H23N5O5.ClH/c1-2-16(23-24-21(29)15-25-12-6-3-7-13-25)14-17(27)10-11-20(28)22-18-8-4-5-9-19(18)26(30)31;/h3-9,12-13H,2,10-11,14-15H2,1H3,(H-,22,24,28,29);1H/b23-16+;. The van der Waals surface area contributed by atoms with Gasteiger partial charge in [0.25, 0.3) is 5.69 Å². The number of aromatic nitrogens is 1. The lowest BCUT2D eigenvalue weighted by atomic mass is 10.1. The van der Waals surface area contributed by atoms with E-state index in [2.05, 4.69) is 15.8 Å². The molecule has 0 atom stereocenters. The summed E-state index contributed by atoms with van der Waals surface area (Å²) in [7, 11) is 0. The van der Waals surface area contributed by atoms with Crippen LogP contribution in [0.5, 0.6) is 0 Å². The topological polar surface area (TPSA) is 135 Å². The van der Waals surface area contributed by atoms with Crippen LogP contribution in [0.4, 0.5) is 11.4 Å². The Hall–Kier alpha value is -3.66. The van der Waals surface area contributed by atoms with Gasteiger partial charge in [0.1, 0.15) is 11.5 Å². The first kappa shape index (κ1) is 26.4. The van der Waals surface area contributed by atoms with Crippen molar-refractivity contribution in [2.24, 2.45) is 5.10 Å². The molecule has 0 unspecified atom stereocenters. The highest BCUT2D eigenvalue weighted by Gasteiger charge is 2.16. The maximum atomic E-state index is 12.2. The van der Waals surface area contributed by atoms with Crippen LogP contribution in [0.1, 0.15) is 32.6 Å². The smallest absolute Gasteiger partial charge is 0.305 e. The molecule has 32 heavy (non-hydrogen) atoms. The van der Waals surface area contributed by atoms with Gasteiger partial charge in [0.05, 0.1) is 4.92 Å². The van der Waals surface area contributed by atoms with Crippen LogP contribution in [0, 0.1) is 10.1 Å². The van der Waals surface area contributed by atoms with Gasteiger partial charge in [-0.3, -0.25) is 24.5 Å².